The number of benzene rings is 2. The number of carbonyl (C=O) groups is 1. The highest BCUT2D eigenvalue weighted by molar-refractivity contribution is 8.93. The standard InChI is InChI=1S/C19H19N3O2.BrH/c1-24-15-7-4-6-14(12-15)18(23)13-22-17-9-3-2-8-16(17)21-11-5-10-20-19(21)22;/h2-4,6-9,12H,5,10-11,13H2,1H3;1H. The molecule has 0 saturated carbocycles. The summed E-state index contributed by atoms with van der Waals surface area (Å²) < 4.78 is 5.22. The van der Waals surface area contributed by atoms with E-state index in [4.69, 9.17) is 4.74 Å². The molecule has 0 fully saturated rings. The van der Waals surface area contributed by atoms with Gasteiger partial charge in [0, 0.05) is 18.7 Å². The number of guanidine groups is 1. The second-order valence-electron chi connectivity index (χ2n) is 5.92. The van der Waals surface area contributed by atoms with Crippen LogP contribution in [-0.2, 0) is 0 Å². The summed E-state index contributed by atoms with van der Waals surface area (Å²) in [7, 11) is 1.61. The predicted octanol–water partition coefficient (Wildman–Crippen LogP) is 3.54. The van der Waals surface area contributed by atoms with E-state index in [1.807, 2.05) is 35.2 Å². The lowest BCUT2D eigenvalue weighted by molar-refractivity contribution is 0.100. The van der Waals surface area contributed by atoms with E-state index in [1.165, 1.54) is 0 Å². The SMILES string of the molecule is Br.COc1cccc(C(=O)CN2C3=NCCCN3c3ccccc32)c1. The van der Waals surface area contributed by atoms with E-state index in [-0.39, 0.29) is 29.3 Å². The van der Waals surface area contributed by atoms with Gasteiger partial charge in [-0.2, -0.15) is 0 Å². The molecule has 0 amide bonds. The van der Waals surface area contributed by atoms with Gasteiger partial charge in [0.05, 0.1) is 25.0 Å². The van der Waals surface area contributed by atoms with Crippen molar-refractivity contribution in [2.24, 2.45) is 4.99 Å². The van der Waals surface area contributed by atoms with E-state index in [2.05, 4.69) is 22.0 Å². The molecule has 0 unspecified atom stereocenters. The maximum absolute atomic E-state index is 12.8. The molecule has 0 atom stereocenters. The first-order valence-electron chi connectivity index (χ1n) is 8.14. The largest absolute Gasteiger partial charge is 0.497 e. The zero-order valence-corrected chi connectivity index (χ0v) is 15.7. The lowest BCUT2D eigenvalue weighted by Crippen LogP contribution is -2.43. The Morgan fingerprint density at radius 3 is 2.76 bits per heavy atom. The summed E-state index contributed by atoms with van der Waals surface area (Å²) in [5.41, 5.74) is 2.84. The van der Waals surface area contributed by atoms with Gasteiger partial charge < -0.3 is 14.5 Å². The van der Waals surface area contributed by atoms with Gasteiger partial charge in [0.15, 0.2) is 5.78 Å². The molecule has 0 aromatic heterocycles. The molecule has 2 aromatic rings. The minimum absolute atomic E-state index is 0. The fraction of sp³-hybridized carbons (Fsp3) is 0.263. The quantitative estimate of drug-likeness (QED) is 0.734. The summed E-state index contributed by atoms with van der Waals surface area (Å²) in [4.78, 5) is 21.7. The van der Waals surface area contributed by atoms with Crippen molar-refractivity contribution in [2.45, 2.75) is 6.42 Å². The molecular formula is C19H20BrN3O2. The fourth-order valence-electron chi connectivity index (χ4n) is 3.27. The maximum atomic E-state index is 12.8. The van der Waals surface area contributed by atoms with Crippen LogP contribution in [0.4, 0.5) is 11.4 Å². The summed E-state index contributed by atoms with van der Waals surface area (Å²) in [6.45, 7) is 2.03. The van der Waals surface area contributed by atoms with E-state index in [0.29, 0.717) is 11.3 Å². The number of methoxy groups -OCH3 is 1. The van der Waals surface area contributed by atoms with Crippen molar-refractivity contribution >= 4 is 40.1 Å². The van der Waals surface area contributed by atoms with Crippen LogP contribution in [0.2, 0.25) is 0 Å². The number of aliphatic imine (C=N–C) groups is 1. The number of nitrogens with zero attached hydrogens (tertiary/aromatic N) is 3. The highest BCUT2D eigenvalue weighted by atomic mass is 79.9. The molecule has 2 aromatic carbocycles. The van der Waals surface area contributed by atoms with E-state index >= 15 is 0 Å². The van der Waals surface area contributed by atoms with Crippen molar-refractivity contribution in [1.29, 1.82) is 0 Å². The van der Waals surface area contributed by atoms with Crippen LogP contribution in [0.15, 0.2) is 53.5 Å². The molecule has 25 heavy (non-hydrogen) atoms. The fourth-order valence-corrected chi connectivity index (χ4v) is 3.27. The van der Waals surface area contributed by atoms with Gasteiger partial charge in [0.2, 0.25) is 5.96 Å². The second kappa shape index (κ2) is 7.27. The van der Waals surface area contributed by atoms with Crippen LogP contribution < -0.4 is 14.5 Å². The van der Waals surface area contributed by atoms with E-state index < -0.39 is 0 Å². The van der Waals surface area contributed by atoms with Crippen LogP contribution in [0.25, 0.3) is 0 Å². The summed E-state index contributed by atoms with van der Waals surface area (Å²) in [6.07, 6.45) is 1.04. The van der Waals surface area contributed by atoms with Crippen molar-refractivity contribution < 1.29 is 9.53 Å². The average Bonchev–Trinajstić information content (AvgIpc) is 2.96. The molecule has 0 saturated heterocycles. The molecule has 2 aliphatic rings. The Labute approximate surface area is 157 Å². The van der Waals surface area contributed by atoms with E-state index in [0.717, 1.165) is 36.8 Å². The van der Waals surface area contributed by atoms with Gasteiger partial charge in [-0.3, -0.25) is 9.79 Å². The van der Waals surface area contributed by atoms with E-state index in [9.17, 15) is 4.79 Å². The van der Waals surface area contributed by atoms with Gasteiger partial charge in [-0.25, -0.2) is 0 Å². The molecule has 0 radical (unpaired) electrons. The van der Waals surface area contributed by atoms with Crippen molar-refractivity contribution in [2.75, 3.05) is 36.5 Å². The summed E-state index contributed by atoms with van der Waals surface area (Å²) in [5.74, 6) is 1.64. The molecule has 2 aliphatic heterocycles. The average molecular weight is 402 g/mol. The first-order valence-corrected chi connectivity index (χ1v) is 8.14. The number of ether oxygens (including phenoxy) is 1. The van der Waals surface area contributed by atoms with Gasteiger partial charge in [0.1, 0.15) is 5.75 Å². The number of Topliss-reactive ketones (excluding diaryl/α,β-unsaturated/α-hetero) is 1. The highest BCUT2D eigenvalue weighted by Gasteiger charge is 2.34. The lowest BCUT2D eigenvalue weighted by Gasteiger charge is -2.26. The van der Waals surface area contributed by atoms with Gasteiger partial charge in [-0.05, 0) is 30.7 Å². The number of carbonyl (C=O) groups excluding carboxylic acids is 1. The number of hydrogen-bond donors (Lipinski definition) is 0. The molecular weight excluding hydrogens is 382 g/mol. The normalized spacial score (nSPS) is 15.0. The third-order valence-corrected chi connectivity index (χ3v) is 4.43. The van der Waals surface area contributed by atoms with Crippen LogP contribution in [0.1, 0.15) is 16.8 Å². The van der Waals surface area contributed by atoms with Crippen LogP contribution >= 0.6 is 17.0 Å². The molecule has 6 heteroatoms. The number of halogens is 1. The van der Waals surface area contributed by atoms with Crippen molar-refractivity contribution in [3.05, 3.63) is 54.1 Å². The summed E-state index contributed by atoms with van der Waals surface area (Å²) in [6, 6.07) is 15.5. The number of para-hydroxylation sites is 2. The van der Waals surface area contributed by atoms with Gasteiger partial charge >= 0.3 is 0 Å². The second-order valence-corrected chi connectivity index (χ2v) is 5.92. The molecule has 130 valence electrons. The minimum Gasteiger partial charge on any atom is -0.497 e. The first-order chi connectivity index (χ1) is 11.8. The Kier molecular flexibility index (Phi) is 5.08. The molecule has 0 N–H and O–H groups in total. The van der Waals surface area contributed by atoms with Crippen LogP contribution in [0, 0.1) is 0 Å². The number of fused-ring (bicyclic) bond motifs is 3. The molecule has 4 rings (SSSR count). The smallest absolute Gasteiger partial charge is 0.206 e. The number of ketones is 1. The minimum atomic E-state index is 0. The maximum Gasteiger partial charge on any atom is 0.206 e. The third kappa shape index (κ3) is 3.14. The Morgan fingerprint density at radius 1 is 1.16 bits per heavy atom. The van der Waals surface area contributed by atoms with Crippen molar-refractivity contribution in [1.82, 2.24) is 0 Å². The summed E-state index contributed by atoms with van der Waals surface area (Å²) in [5, 5.41) is 0. The van der Waals surface area contributed by atoms with Gasteiger partial charge in [-0.1, -0.05) is 24.3 Å². The number of hydrogen-bond acceptors (Lipinski definition) is 5. The highest BCUT2D eigenvalue weighted by Crippen LogP contribution is 2.38. The van der Waals surface area contributed by atoms with Crippen molar-refractivity contribution in [3.8, 4) is 5.75 Å². The Morgan fingerprint density at radius 2 is 1.96 bits per heavy atom. The Balaban J connectivity index is 0.00000182. The molecule has 0 aliphatic carbocycles. The predicted molar refractivity (Wildman–Crippen MR) is 106 cm³/mol. The topological polar surface area (TPSA) is 45.1 Å². The van der Waals surface area contributed by atoms with Gasteiger partial charge in [0.25, 0.3) is 0 Å². The van der Waals surface area contributed by atoms with Crippen molar-refractivity contribution in [3.63, 3.8) is 0 Å². The number of anilines is 2. The molecule has 2 heterocycles. The summed E-state index contributed by atoms with van der Waals surface area (Å²) >= 11 is 0. The van der Waals surface area contributed by atoms with Crippen LogP contribution in [0.5, 0.6) is 5.75 Å². The molecule has 0 spiro atoms. The lowest BCUT2D eigenvalue weighted by atomic mass is 10.1. The van der Waals surface area contributed by atoms with E-state index in [1.54, 1.807) is 13.2 Å². The Hall–Kier alpha value is -2.34. The molecule has 0 bridgehead atoms. The first kappa shape index (κ1) is 17.5. The van der Waals surface area contributed by atoms with Gasteiger partial charge in [-0.15, -0.1) is 17.0 Å². The van der Waals surface area contributed by atoms with Crippen LogP contribution in [0.3, 0.4) is 0 Å². The number of rotatable bonds is 4. The zero-order valence-electron chi connectivity index (χ0n) is 14.0. The Bertz CT molecular complexity index is 822. The van der Waals surface area contributed by atoms with Crippen LogP contribution in [-0.4, -0.2) is 38.5 Å². The zero-order chi connectivity index (χ0) is 16.5. The third-order valence-electron chi connectivity index (χ3n) is 4.43. The monoisotopic (exact) mass is 401 g/mol. The molecule has 5 nitrogen and oxygen atoms in total.